The predicted octanol–water partition coefficient (Wildman–Crippen LogP) is 3.96. The summed E-state index contributed by atoms with van der Waals surface area (Å²) >= 11 is 0. The van der Waals surface area contributed by atoms with Crippen LogP contribution in [0.15, 0.2) is 54.2 Å². The Labute approximate surface area is 165 Å². The zero-order valence-corrected chi connectivity index (χ0v) is 16.6. The summed E-state index contributed by atoms with van der Waals surface area (Å²) < 4.78 is 10.4. The van der Waals surface area contributed by atoms with E-state index >= 15 is 0 Å². The van der Waals surface area contributed by atoms with Crippen molar-refractivity contribution in [2.45, 2.75) is 26.3 Å². The van der Waals surface area contributed by atoms with Crippen molar-refractivity contribution in [3.8, 4) is 17.6 Å². The highest BCUT2D eigenvalue weighted by Gasteiger charge is 2.14. The van der Waals surface area contributed by atoms with Gasteiger partial charge in [-0.25, -0.2) is 0 Å². The summed E-state index contributed by atoms with van der Waals surface area (Å²) in [6.07, 6.45) is 2.34. The summed E-state index contributed by atoms with van der Waals surface area (Å²) in [6.45, 7) is 3.98. The Bertz CT molecular complexity index is 883. The van der Waals surface area contributed by atoms with E-state index in [9.17, 15) is 10.1 Å². The minimum absolute atomic E-state index is 0.0215. The van der Waals surface area contributed by atoms with Crippen LogP contribution in [0.5, 0.6) is 11.5 Å². The Morgan fingerprint density at radius 1 is 1.14 bits per heavy atom. The van der Waals surface area contributed by atoms with Crippen LogP contribution in [-0.4, -0.2) is 20.1 Å². The largest absolute Gasteiger partial charge is 0.493 e. The molecule has 28 heavy (non-hydrogen) atoms. The molecule has 0 saturated carbocycles. The van der Waals surface area contributed by atoms with E-state index in [1.165, 1.54) is 11.8 Å². The lowest BCUT2D eigenvalue weighted by Crippen LogP contribution is -2.28. The molecule has 0 radical (unpaired) electrons. The molecule has 0 aromatic heterocycles. The highest BCUT2D eigenvalue weighted by Crippen LogP contribution is 2.29. The second-order valence-corrected chi connectivity index (χ2v) is 6.17. The minimum Gasteiger partial charge on any atom is -0.493 e. The van der Waals surface area contributed by atoms with Crippen LogP contribution in [0.1, 0.15) is 31.0 Å². The first-order valence-corrected chi connectivity index (χ1v) is 9.00. The molecule has 0 spiro atoms. The number of ether oxygens (including phenoxy) is 2. The third kappa shape index (κ3) is 5.27. The van der Waals surface area contributed by atoms with Crippen molar-refractivity contribution in [2.75, 3.05) is 19.5 Å². The third-order valence-corrected chi connectivity index (χ3v) is 4.37. The molecule has 2 N–H and O–H groups in total. The molecular weight excluding hydrogens is 354 g/mol. The van der Waals surface area contributed by atoms with Crippen molar-refractivity contribution < 1.29 is 14.3 Å². The topological polar surface area (TPSA) is 83.4 Å². The van der Waals surface area contributed by atoms with E-state index in [-0.39, 0.29) is 11.6 Å². The highest BCUT2D eigenvalue weighted by molar-refractivity contribution is 5.97. The Balaban J connectivity index is 2.06. The molecule has 0 bridgehead atoms. The Kier molecular flexibility index (Phi) is 7.46. The minimum atomic E-state index is -0.442. The lowest BCUT2D eigenvalue weighted by atomic mass is 10.0. The molecule has 0 heterocycles. The molecule has 2 rings (SSSR count). The number of nitrogens with zero attached hydrogens (tertiary/aromatic N) is 1. The normalized spacial score (nSPS) is 11.9. The van der Waals surface area contributed by atoms with Crippen LogP contribution in [-0.2, 0) is 11.2 Å². The number of methoxy groups -OCH3 is 2. The molecule has 2 aromatic rings. The monoisotopic (exact) mass is 379 g/mol. The van der Waals surface area contributed by atoms with Gasteiger partial charge in [0.2, 0.25) is 0 Å². The average molecular weight is 379 g/mol. The maximum absolute atomic E-state index is 12.4. The Morgan fingerprint density at radius 2 is 1.82 bits per heavy atom. The van der Waals surface area contributed by atoms with Gasteiger partial charge in [0.1, 0.15) is 11.6 Å². The van der Waals surface area contributed by atoms with Crippen molar-refractivity contribution in [1.82, 2.24) is 5.32 Å². The van der Waals surface area contributed by atoms with Crippen LogP contribution in [0.3, 0.4) is 0 Å². The number of rotatable bonds is 8. The molecule has 1 amide bonds. The Morgan fingerprint density at radius 3 is 2.39 bits per heavy atom. The maximum Gasteiger partial charge on any atom is 0.263 e. The van der Waals surface area contributed by atoms with Gasteiger partial charge in [0.25, 0.3) is 5.91 Å². The van der Waals surface area contributed by atoms with E-state index in [2.05, 4.69) is 17.6 Å². The lowest BCUT2D eigenvalue weighted by molar-refractivity contribution is -0.117. The average Bonchev–Trinajstić information content (AvgIpc) is 2.73. The van der Waals surface area contributed by atoms with Crippen LogP contribution in [0.25, 0.3) is 0 Å². The summed E-state index contributed by atoms with van der Waals surface area (Å²) in [5, 5.41) is 15.1. The molecule has 0 aliphatic heterocycles. The quantitative estimate of drug-likeness (QED) is 0.536. The van der Waals surface area contributed by atoms with Gasteiger partial charge in [0.05, 0.1) is 20.3 Å². The van der Waals surface area contributed by atoms with Gasteiger partial charge in [-0.15, -0.1) is 0 Å². The number of aryl methyl sites for hydroxylation is 1. The van der Waals surface area contributed by atoms with Crippen LogP contribution < -0.4 is 20.1 Å². The molecule has 1 unspecified atom stereocenters. The Hall–Kier alpha value is -3.46. The zero-order valence-electron chi connectivity index (χ0n) is 16.6. The van der Waals surface area contributed by atoms with Gasteiger partial charge in [-0.2, -0.15) is 5.26 Å². The van der Waals surface area contributed by atoms with Gasteiger partial charge < -0.3 is 20.1 Å². The standard InChI is InChI=1S/C22H25N3O3/c1-5-16-6-8-17(9-7-16)15(2)25-22(26)18(13-23)14-24-19-10-11-20(27-3)21(12-19)28-4/h6-12,14-15,24H,5H2,1-4H3,(H,25,26)/b18-14-. The fraction of sp³-hybridized carbons (Fsp3) is 0.273. The summed E-state index contributed by atoms with van der Waals surface area (Å²) in [4.78, 5) is 12.4. The zero-order chi connectivity index (χ0) is 20.5. The van der Waals surface area contributed by atoms with Gasteiger partial charge in [0, 0.05) is 18.0 Å². The highest BCUT2D eigenvalue weighted by atomic mass is 16.5. The molecule has 0 fully saturated rings. The van der Waals surface area contributed by atoms with Crippen LogP contribution >= 0.6 is 0 Å². The SMILES string of the molecule is CCc1ccc(C(C)NC(=O)/C(C#N)=C\Nc2ccc(OC)c(OC)c2)cc1. The number of nitrogens with one attached hydrogen (secondary N) is 2. The van der Waals surface area contributed by atoms with E-state index < -0.39 is 5.91 Å². The van der Waals surface area contributed by atoms with Gasteiger partial charge in [0.15, 0.2) is 11.5 Å². The summed E-state index contributed by atoms with van der Waals surface area (Å²) in [7, 11) is 3.10. The summed E-state index contributed by atoms with van der Waals surface area (Å²) in [5.74, 6) is 0.703. The summed E-state index contributed by atoms with van der Waals surface area (Å²) in [6, 6.07) is 15.0. The number of benzene rings is 2. The fourth-order valence-electron chi connectivity index (χ4n) is 2.63. The molecular formula is C22H25N3O3. The fourth-order valence-corrected chi connectivity index (χ4v) is 2.63. The number of hydrogen-bond donors (Lipinski definition) is 2. The van der Waals surface area contributed by atoms with E-state index in [1.807, 2.05) is 37.3 Å². The van der Waals surface area contributed by atoms with Crippen molar-refractivity contribution in [3.05, 3.63) is 65.4 Å². The molecule has 2 aromatic carbocycles. The number of hydrogen-bond acceptors (Lipinski definition) is 5. The first-order valence-electron chi connectivity index (χ1n) is 9.00. The van der Waals surface area contributed by atoms with Crippen molar-refractivity contribution in [1.29, 1.82) is 5.26 Å². The van der Waals surface area contributed by atoms with Crippen molar-refractivity contribution in [2.24, 2.45) is 0 Å². The number of carbonyl (C=O) groups excluding carboxylic acids is 1. The van der Waals surface area contributed by atoms with Gasteiger partial charge in [-0.05, 0) is 36.6 Å². The first-order chi connectivity index (χ1) is 13.5. The van der Waals surface area contributed by atoms with Gasteiger partial charge in [-0.3, -0.25) is 4.79 Å². The van der Waals surface area contributed by atoms with Crippen LogP contribution in [0.4, 0.5) is 5.69 Å². The lowest BCUT2D eigenvalue weighted by Gasteiger charge is -2.14. The number of anilines is 1. The van der Waals surface area contributed by atoms with Gasteiger partial charge >= 0.3 is 0 Å². The van der Waals surface area contributed by atoms with E-state index in [4.69, 9.17) is 9.47 Å². The second kappa shape index (κ2) is 10.0. The maximum atomic E-state index is 12.4. The number of nitriles is 1. The number of carbonyl (C=O) groups is 1. The molecule has 146 valence electrons. The summed E-state index contributed by atoms with van der Waals surface area (Å²) in [5.41, 5.74) is 2.86. The molecule has 0 aliphatic carbocycles. The smallest absolute Gasteiger partial charge is 0.263 e. The first kappa shape index (κ1) is 20.8. The van der Waals surface area contributed by atoms with Crippen LogP contribution in [0, 0.1) is 11.3 Å². The van der Waals surface area contributed by atoms with Gasteiger partial charge in [-0.1, -0.05) is 31.2 Å². The molecule has 6 nitrogen and oxygen atoms in total. The van der Waals surface area contributed by atoms with Crippen molar-refractivity contribution >= 4 is 11.6 Å². The van der Waals surface area contributed by atoms with E-state index in [0.29, 0.717) is 17.2 Å². The second-order valence-electron chi connectivity index (χ2n) is 6.17. The molecule has 1 atom stereocenters. The van der Waals surface area contributed by atoms with E-state index in [1.54, 1.807) is 32.4 Å². The molecule has 0 saturated heterocycles. The molecule has 0 aliphatic rings. The predicted molar refractivity (Wildman–Crippen MR) is 109 cm³/mol. The van der Waals surface area contributed by atoms with Crippen LogP contribution in [0.2, 0.25) is 0 Å². The number of amides is 1. The van der Waals surface area contributed by atoms with E-state index in [0.717, 1.165) is 12.0 Å². The molecule has 6 heteroatoms. The van der Waals surface area contributed by atoms with Crippen molar-refractivity contribution in [3.63, 3.8) is 0 Å². The third-order valence-electron chi connectivity index (χ3n) is 4.37.